The highest BCUT2D eigenvalue weighted by Crippen LogP contribution is 2.31. The number of hydrogen-bond donors (Lipinski definition) is 1. The normalized spacial score (nSPS) is 10.1. The minimum atomic E-state index is -1.02. The van der Waals surface area contributed by atoms with Gasteiger partial charge in [-0.3, -0.25) is 4.98 Å². The lowest BCUT2D eigenvalue weighted by molar-refractivity contribution is 0.0697. The monoisotopic (exact) mass is 307 g/mol. The summed E-state index contributed by atoms with van der Waals surface area (Å²) in [7, 11) is 1.54. The van der Waals surface area contributed by atoms with Crippen LogP contribution in [0.3, 0.4) is 0 Å². The van der Waals surface area contributed by atoms with E-state index in [-0.39, 0.29) is 5.56 Å². The van der Waals surface area contributed by atoms with Crippen LogP contribution in [0.2, 0.25) is 0 Å². The molecule has 2 rings (SSSR count). The summed E-state index contributed by atoms with van der Waals surface area (Å²) in [5, 5.41) is 9.21. The van der Waals surface area contributed by atoms with E-state index in [1.54, 1.807) is 18.3 Å². The Morgan fingerprint density at radius 1 is 1.39 bits per heavy atom. The van der Waals surface area contributed by atoms with Crippen molar-refractivity contribution >= 4 is 21.9 Å². The van der Waals surface area contributed by atoms with Crippen LogP contribution in [-0.4, -0.2) is 23.2 Å². The van der Waals surface area contributed by atoms with Crippen LogP contribution in [0.25, 0.3) is 11.3 Å². The van der Waals surface area contributed by atoms with Gasteiger partial charge < -0.3 is 9.84 Å². The van der Waals surface area contributed by atoms with Crippen LogP contribution in [0, 0.1) is 0 Å². The van der Waals surface area contributed by atoms with Crippen molar-refractivity contribution < 1.29 is 14.6 Å². The third kappa shape index (κ3) is 2.36. The van der Waals surface area contributed by atoms with Crippen molar-refractivity contribution in [2.75, 3.05) is 7.11 Å². The summed E-state index contributed by atoms with van der Waals surface area (Å²) in [6.07, 6.45) is 1.56. The molecular formula is C13H10BrNO3. The minimum absolute atomic E-state index is 0.133. The van der Waals surface area contributed by atoms with Crippen LogP contribution in [0.1, 0.15) is 10.4 Å². The zero-order chi connectivity index (χ0) is 13.1. The molecule has 0 saturated carbocycles. The van der Waals surface area contributed by atoms with Gasteiger partial charge in [0, 0.05) is 16.2 Å². The number of carboxylic acids is 1. The maximum Gasteiger partial charge on any atom is 0.337 e. The number of pyridine rings is 1. The maximum absolute atomic E-state index is 11.2. The first-order valence-corrected chi connectivity index (χ1v) is 5.95. The predicted octanol–water partition coefficient (Wildman–Crippen LogP) is 3.22. The van der Waals surface area contributed by atoms with Gasteiger partial charge in [0.05, 0.1) is 18.4 Å². The highest BCUT2D eigenvalue weighted by Gasteiger charge is 2.16. The van der Waals surface area contributed by atoms with E-state index in [1.807, 2.05) is 12.1 Å². The molecule has 1 N–H and O–H groups in total. The SMILES string of the molecule is COc1ccccc1-c1ncc(Br)cc1C(=O)O. The topological polar surface area (TPSA) is 59.4 Å². The fraction of sp³-hybridized carbons (Fsp3) is 0.0769. The van der Waals surface area contributed by atoms with E-state index in [0.717, 1.165) is 0 Å². The van der Waals surface area contributed by atoms with Crippen LogP contribution in [0.5, 0.6) is 5.75 Å². The Morgan fingerprint density at radius 3 is 2.78 bits per heavy atom. The fourth-order valence-corrected chi connectivity index (χ4v) is 1.99. The van der Waals surface area contributed by atoms with Gasteiger partial charge in [-0.1, -0.05) is 12.1 Å². The van der Waals surface area contributed by atoms with E-state index in [1.165, 1.54) is 13.2 Å². The van der Waals surface area contributed by atoms with Gasteiger partial charge in [0.25, 0.3) is 0 Å². The second-order valence-corrected chi connectivity index (χ2v) is 4.47. The zero-order valence-electron chi connectivity index (χ0n) is 9.55. The molecule has 0 aliphatic heterocycles. The third-order valence-electron chi connectivity index (χ3n) is 2.45. The standard InChI is InChI=1S/C13H10BrNO3/c1-18-11-5-3-2-4-9(11)12-10(13(16)17)6-8(14)7-15-12/h2-7H,1H3,(H,16,17). The van der Waals surface area contributed by atoms with E-state index < -0.39 is 5.97 Å². The molecule has 1 aromatic carbocycles. The summed E-state index contributed by atoms with van der Waals surface area (Å²) in [6, 6.07) is 8.71. The van der Waals surface area contributed by atoms with Crippen molar-refractivity contribution in [1.29, 1.82) is 0 Å². The first kappa shape index (κ1) is 12.6. The Balaban J connectivity index is 2.67. The number of benzene rings is 1. The molecule has 0 amide bonds. The number of methoxy groups -OCH3 is 1. The Kier molecular flexibility index (Phi) is 3.62. The minimum Gasteiger partial charge on any atom is -0.496 e. The average Bonchev–Trinajstić information content (AvgIpc) is 2.38. The van der Waals surface area contributed by atoms with Crippen molar-refractivity contribution in [2.24, 2.45) is 0 Å². The van der Waals surface area contributed by atoms with E-state index >= 15 is 0 Å². The Bertz CT molecular complexity index is 599. The molecule has 4 nitrogen and oxygen atoms in total. The zero-order valence-corrected chi connectivity index (χ0v) is 11.1. The second kappa shape index (κ2) is 5.18. The summed E-state index contributed by atoms with van der Waals surface area (Å²) < 4.78 is 5.84. The van der Waals surface area contributed by atoms with Crippen molar-refractivity contribution in [3.05, 3.63) is 46.6 Å². The van der Waals surface area contributed by atoms with Gasteiger partial charge in [0.1, 0.15) is 5.75 Å². The largest absolute Gasteiger partial charge is 0.496 e. The molecule has 1 aromatic heterocycles. The molecule has 0 aliphatic carbocycles. The number of aromatic nitrogens is 1. The maximum atomic E-state index is 11.2. The molecule has 1 heterocycles. The summed E-state index contributed by atoms with van der Waals surface area (Å²) >= 11 is 3.22. The molecular weight excluding hydrogens is 298 g/mol. The smallest absolute Gasteiger partial charge is 0.337 e. The molecule has 92 valence electrons. The number of halogens is 1. The summed E-state index contributed by atoms with van der Waals surface area (Å²) in [5.74, 6) is -0.431. The van der Waals surface area contributed by atoms with Crippen LogP contribution in [-0.2, 0) is 0 Å². The molecule has 0 spiro atoms. The van der Waals surface area contributed by atoms with Gasteiger partial charge in [0.2, 0.25) is 0 Å². The number of para-hydroxylation sites is 1. The van der Waals surface area contributed by atoms with E-state index in [0.29, 0.717) is 21.5 Å². The molecule has 0 radical (unpaired) electrons. The Morgan fingerprint density at radius 2 is 2.11 bits per heavy atom. The lowest BCUT2D eigenvalue weighted by Crippen LogP contribution is -2.02. The first-order chi connectivity index (χ1) is 8.63. The van der Waals surface area contributed by atoms with Crippen molar-refractivity contribution in [3.63, 3.8) is 0 Å². The highest BCUT2D eigenvalue weighted by molar-refractivity contribution is 9.10. The predicted molar refractivity (Wildman–Crippen MR) is 70.9 cm³/mol. The van der Waals surface area contributed by atoms with Gasteiger partial charge in [-0.2, -0.15) is 0 Å². The fourth-order valence-electron chi connectivity index (χ4n) is 1.66. The molecule has 0 aliphatic rings. The van der Waals surface area contributed by atoms with E-state index in [9.17, 15) is 9.90 Å². The Labute approximate surface area is 112 Å². The number of aromatic carboxylic acids is 1. The van der Waals surface area contributed by atoms with Gasteiger partial charge in [-0.15, -0.1) is 0 Å². The van der Waals surface area contributed by atoms with Crippen molar-refractivity contribution in [3.8, 4) is 17.0 Å². The number of carboxylic acid groups (broad SMARTS) is 1. The number of carbonyl (C=O) groups is 1. The van der Waals surface area contributed by atoms with Crippen LogP contribution in [0.4, 0.5) is 0 Å². The van der Waals surface area contributed by atoms with Gasteiger partial charge in [-0.25, -0.2) is 4.79 Å². The number of rotatable bonds is 3. The molecule has 5 heteroatoms. The first-order valence-electron chi connectivity index (χ1n) is 5.15. The lowest BCUT2D eigenvalue weighted by Gasteiger charge is -2.10. The van der Waals surface area contributed by atoms with Crippen molar-refractivity contribution in [1.82, 2.24) is 4.98 Å². The van der Waals surface area contributed by atoms with Gasteiger partial charge >= 0.3 is 5.97 Å². The Hall–Kier alpha value is -1.88. The summed E-state index contributed by atoms with van der Waals surface area (Å²) in [6.45, 7) is 0. The number of ether oxygens (including phenoxy) is 1. The van der Waals surface area contributed by atoms with Crippen LogP contribution in [0.15, 0.2) is 41.0 Å². The molecule has 0 fully saturated rings. The van der Waals surface area contributed by atoms with E-state index in [4.69, 9.17) is 4.74 Å². The summed E-state index contributed by atoms with van der Waals surface area (Å²) in [5.41, 5.74) is 1.18. The molecule has 0 atom stereocenters. The van der Waals surface area contributed by atoms with Crippen LogP contribution >= 0.6 is 15.9 Å². The number of hydrogen-bond acceptors (Lipinski definition) is 3. The number of nitrogens with zero attached hydrogens (tertiary/aromatic N) is 1. The molecule has 18 heavy (non-hydrogen) atoms. The van der Waals surface area contributed by atoms with Crippen LogP contribution < -0.4 is 4.74 Å². The average molecular weight is 308 g/mol. The van der Waals surface area contributed by atoms with Gasteiger partial charge in [0.15, 0.2) is 0 Å². The molecule has 0 saturated heterocycles. The van der Waals surface area contributed by atoms with Crippen molar-refractivity contribution in [2.45, 2.75) is 0 Å². The highest BCUT2D eigenvalue weighted by atomic mass is 79.9. The molecule has 0 unspecified atom stereocenters. The second-order valence-electron chi connectivity index (χ2n) is 3.56. The molecule has 0 bridgehead atoms. The quantitative estimate of drug-likeness (QED) is 0.946. The van der Waals surface area contributed by atoms with E-state index in [2.05, 4.69) is 20.9 Å². The third-order valence-corrected chi connectivity index (χ3v) is 2.88. The van der Waals surface area contributed by atoms with Gasteiger partial charge in [-0.05, 0) is 34.1 Å². The summed E-state index contributed by atoms with van der Waals surface area (Å²) in [4.78, 5) is 15.4. The lowest BCUT2D eigenvalue weighted by atomic mass is 10.1. The molecule has 2 aromatic rings.